The van der Waals surface area contributed by atoms with Crippen molar-refractivity contribution >= 4 is 22.5 Å². The summed E-state index contributed by atoms with van der Waals surface area (Å²) in [5.74, 6) is -0.112. The lowest BCUT2D eigenvalue weighted by Gasteiger charge is -2.12. The first-order valence-corrected chi connectivity index (χ1v) is 8.94. The van der Waals surface area contributed by atoms with Gasteiger partial charge in [0.25, 0.3) is 0 Å². The number of nitrogens with one attached hydrogen (secondary N) is 2. The fourth-order valence-corrected chi connectivity index (χ4v) is 3.15. The number of hydrogen-bond donors (Lipinski definition) is 2. The quantitative estimate of drug-likeness (QED) is 0.555. The van der Waals surface area contributed by atoms with Crippen molar-refractivity contribution in [1.82, 2.24) is 15.2 Å². The number of amides is 1. The molecule has 0 aliphatic rings. The van der Waals surface area contributed by atoms with Crippen LogP contribution in [0.15, 0.2) is 73.1 Å². The SMILES string of the molecule is CC(Cc1ccccc1)C(=O)Nc1ccc2[nH]nc(-c3ccncc3)c2c1. The van der Waals surface area contributed by atoms with Crippen LogP contribution in [0.5, 0.6) is 0 Å². The van der Waals surface area contributed by atoms with Gasteiger partial charge in [0, 0.05) is 34.9 Å². The maximum absolute atomic E-state index is 12.6. The largest absolute Gasteiger partial charge is 0.326 e. The Bertz CT molecular complexity index is 1060. The van der Waals surface area contributed by atoms with Crippen LogP contribution in [0.3, 0.4) is 0 Å². The van der Waals surface area contributed by atoms with Crippen molar-refractivity contribution < 1.29 is 4.79 Å². The molecular weight excluding hydrogens is 336 g/mol. The van der Waals surface area contributed by atoms with Crippen LogP contribution in [0.2, 0.25) is 0 Å². The van der Waals surface area contributed by atoms with Crippen molar-refractivity contribution in [2.75, 3.05) is 5.32 Å². The third kappa shape index (κ3) is 3.72. The number of nitrogens with zero attached hydrogens (tertiary/aromatic N) is 2. The first-order valence-electron chi connectivity index (χ1n) is 8.94. The molecule has 0 saturated carbocycles. The summed E-state index contributed by atoms with van der Waals surface area (Å²) in [5.41, 5.74) is 4.68. The van der Waals surface area contributed by atoms with Crippen LogP contribution in [0.1, 0.15) is 12.5 Å². The Balaban J connectivity index is 1.54. The minimum Gasteiger partial charge on any atom is -0.326 e. The van der Waals surface area contributed by atoms with Crippen LogP contribution in [-0.2, 0) is 11.2 Å². The van der Waals surface area contributed by atoms with Crippen molar-refractivity contribution in [3.63, 3.8) is 0 Å². The number of carbonyl (C=O) groups is 1. The van der Waals surface area contributed by atoms with Gasteiger partial charge >= 0.3 is 0 Å². The van der Waals surface area contributed by atoms with Gasteiger partial charge in [-0.2, -0.15) is 5.10 Å². The van der Waals surface area contributed by atoms with E-state index < -0.39 is 0 Å². The zero-order chi connectivity index (χ0) is 18.6. The predicted molar refractivity (Wildman–Crippen MR) is 107 cm³/mol. The fraction of sp³-hybridized carbons (Fsp3) is 0.136. The lowest BCUT2D eigenvalue weighted by atomic mass is 10.0. The molecule has 0 bridgehead atoms. The van der Waals surface area contributed by atoms with Gasteiger partial charge in [0.15, 0.2) is 0 Å². The Hall–Kier alpha value is -3.47. The molecule has 5 heteroatoms. The van der Waals surface area contributed by atoms with E-state index in [2.05, 4.69) is 20.5 Å². The average Bonchev–Trinajstić information content (AvgIpc) is 3.12. The number of aromatic amines is 1. The number of anilines is 1. The van der Waals surface area contributed by atoms with Crippen molar-refractivity contribution in [3.8, 4) is 11.3 Å². The van der Waals surface area contributed by atoms with E-state index in [1.54, 1.807) is 12.4 Å². The van der Waals surface area contributed by atoms with Crippen LogP contribution in [0.25, 0.3) is 22.2 Å². The summed E-state index contributed by atoms with van der Waals surface area (Å²) in [4.78, 5) is 16.7. The molecular formula is C22H20N4O. The van der Waals surface area contributed by atoms with Crippen LogP contribution in [-0.4, -0.2) is 21.1 Å². The summed E-state index contributed by atoms with van der Waals surface area (Å²) in [6, 6.07) is 19.7. The number of H-pyrrole nitrogens is 1. The monoisotopic (exact) mass is 356 g/mol. The summed E-state index contributed by atoms with van der Waals surface area (Å²) >= 11 is 0. The standard InChI is InChI=1S/C22H20N4O/c1-15(13-16-5-3-2-4-6-16)22(27)24-18-7-8-20-19(14-18)21(26-25-20)17-9-11-23-12-10-17/h2-12,14-15H,13H2,1H3,(H,24,27)(H,25,26). The first kappa shape index (κ1) is 17.0. The average molecular weight is 356 g/mol. The topological polar surface area (TPSA) is 70.7 Å². The molecule has 0 radical (unpaired) electrons. The molecule has 0 saturated heterocycles. The molecule has 2 aromatic heterocycles. The molecule has 4 aromatic rings. The Morgan fingerprint density at radius 3 is 2.63 bits per heavy atom. The minimum absolute atomic E-state index is 0.00663. The second-order valence-corrected chi connectivity index (χ2v) is 6.65. The number of pyridine rings is 1. The molecule has 2 aromatic carbocycles. The van der Waals surface area contributed by atoms with Crippen molar-refractivity contribution in [3.05, 3.63) is 78.6 Å². The van der Waals surface area contributed by atoms with E-state index in [4.69, 9.17) is 0 Å². The molecule has 134 valence electrons. The first-order chi connectivity index (χ1) is 13.2. The maximum Gasteiger partial charge on any atom is 0.227 e. The van der Waals surface area contributed by atoms with E-state index in [0.29, 0.717) is 6.42 Å². The van der Waals surface area contributed by atoms with Gasteiger partial charge in [0.05, 0.1) is 5.52 Å². The van der Waals surface area contributed by atoms with Gasteiger partial charge in [-0.15, -0.1) is 0 Å². The highest BCUT2D eigenvalue weighted by Crippen LogP contribution is 2.28. The summed E-state index contributed by atoms with van der Waals surface area (Å²) in [6.45, 7) is 1.95. The van der Waals surface area contributed by atoms with Crippen LogP contribution < -0.4 is 5.32 Å². The van der Waals surface area contributed by atoms with E-state index in [-0.39, 0.29) is 11.8 Å². The maximum atomic E-state index is 12.6. The molecule has 27 heavy (non-hydrogen) atoms. The molecule has 5 nitrogen and oxygen atoms in total. The summed E-state index contributed by atoms with van der Waals surface area (Å²) in [6.07, 6.45) is 4.20. The number of fused-ring (bicyclic) bond motifs is 1. The molecule has 4 rings (SSSR count). The van der Waals surface area contributed by atoms with Gasteiger partial charge in [-0.3, -0.25) is 14.9 Å². The third-order valence-corrected chi connectivity index (χ3v) is 4.62. The van der Waals surface area contributed by atoms with Crippen molar-refractivity contribution in [2.24, 2.45) is 5.92 Å². The molecule has 0 fully saturated rings. The molecule has 0 aliphatic heterocycles. The van der Waals surface area contributed by atoms with Crippen molar-refractivity contribution in [1.29, 1.82) is 0 Å². The Morgan fingerprint density at radius 2 is 1.85 bits per heavy atom. The number of carbonyl (C=O) groups excluding carboxylic acids is 1. The molecule has 1 unspecified atom stereocenters. The smallest absolute Gasteiger partial charge is 0.227 e. The van der Waals surface area contributed by atoms with Gasteiger partial charge in [-0.1, -0.05) is 37.3 Å². The summed E-state index contributed by atoms with van der Waals surface area (Å²) < 4.78 is 0. The highest BCUT2D eigenvalue weighted by molar-refractivity contribution is 5.98. The Kier molecular flexibility index (Phi) is 4.66. The van der Waals surface area contributed by atoms with E-state index in [9.17, 15) is 4.79 Å². The molecule has 1 atom stereocenters. The van der Waals surface area contributed by atoms with E-state index in [0.717, 1.165) is 33.4 Å². The highest BCUT2D eigenvalue weighted by atomic mass is 16.1. The van der Waals surface area contributed by atoms with E-state index in [1.807, 2.05) is 67.6 Å². The third-order valence-electron chi connectivity index (χ3n) is 4.62. The van der Waals surface area contributed by atoms with Crippen LogP contribution in [0, 0.1) is 5.92 Å². The Labute approximate surface area is 157 Å². The van der Waals surface area contributed by atoms with Crippen LogP contribution >= 0.6 is 0 Å². The normalized spacial score (nSPS) is 12.0. The predicted octanol–water partition coefficient (Wildman–Crippen LogP) is 4.44. The van der Waals surface area contributed by atoms with Gasteiger partial charge in [-0.25, -0.2) is 0 Å². The second-order valence-electron chi connectivity index (χ2n) is 6.65. The Morgan fingerprint density at radius 1 is 1.07 bits per heavy atom. The fourth-order valence-electron chi connectivity index (χ4n) is 3.15. The molecule has 2 heterocycles. The van der Waals surface area contributed by atoms with Gasteiger partial charge in [0.2, 0.25) is 5.91 Å². The summed E-state index contributed by atoms with van der Waals surface area (Å²) in [5, 5.41) is 11.4. The van der Waals surface area contributed by atoms with Crippen LogP contribution in [0.4, 0.5) is 5.69 Å². The number of rotatable bonds is 5. The molecule has 0 spiro atoms. The lowest BCUT2D eigenvalue weighted by Crippen LogP contribution is -2.22. The van der Waals surface area contributed by atoms with E-state index >= 15 is 0 Å². The number of benzene rings is 2. The number of aromatic nitrogens is 3. The lowest BCUT2D eigenvalue weighted by molar-refractivity contribution is -0.119. The van der Waals surface area contributed by atoms with Gasteiger partial charge < -0.3 is 5.32 Å². The molecule has 1 amide bonds. The second kappa shape index (κ2) is 7.41. The van der Waals surface area contributed by atoms with E-state index in [1.165, 1.54) is 0 Å². The minimum atomic E-state index is -0.118. The van der Waals surface area contributed by atoms with Gasteiger partial charge in [-0.05, 0) is 42.3 Å². The number of hydrogen-bond acceptors (Lipinski definition) is 3. The zero-order valence-corrected chi connectivity index (χ0v) is 15.0. The zero-order valence-electron chi connectivity index (χ0n) is 15.0. The molecule has 0 aliphatic carbocycles. The molecule has 2 N–H and O–H groups in total. The van der Waals surface area contributed by atoms with Gasteiger partial charge in [0.1, 0.15) is 5.69 Å². The summed E-state index contributed by atoms with van der Waals surface area (Å²) in [7, 11) is 0. The highest BCUT2D eigenvalue weighted by Gasteiger charge is 2.15. The van der Waals surface area contributed by atoms with Crippen molar-refractivity contribution in [2.45, 2.75) is 13.3 Å².